The quantitative estimate of drug-likeness (QED) is 0.258. The van der Waals surface area contributed by atoms with Crippen molar-refractivity contribution >= 4 is 10.4 Å². The highest BCUT2D eigenvalue weighted by Gasteiger charge is 2.68. The van der Waals surface area contributed by atoms with Crippen LogP contribution in [0.5, 0.6) is 0 Å². The molecule has 5 heteroatoms. The van der Waals surface area contributed by atoms with E-state index in [-0.39, 0.29) is 16.2 Å². The Balaban J connectivity index is 1.63. The van der Waals surface area contributed by atoms with Crippen LogP contribution < -0.4 is 0 Å². The van der Waals surface area contributed by atoms with Crippen LogP contribution in [0.1, 0.15) is 126 Å². The molecule has 35 heavy (non-hydrogen) atoms. The predicted octanol–water partition coefficient (Wildman–Crippen LogP) is 7.98. The number of rotatable bonds is 7. The lowest BCUT2D eigenvalue weighted by molar-refractivity contribution is -0.211. The SMILES string of the molecule is CC(C)CCC[C@@H](C)[C@H]1CC[C@@]2(C)[C@@H]3CC[C@H]4C(C)(C)CCC(OS(=O)(=O)[O-])[C@]4(C)[C@H]3CC[C@]12C. The predicted molar refractivity (Wildman–Crippen MR) is 141 cm³/mol. The summed E-state index contributed by atoms with van der Waals surface area (Å²) in [5.41, 5.74) is 0.521. The van der Waals surface area contributed by atoms with Crippen molar-refractivity contribution in [3.05, 3.63) is 0 Å². The maximum absolute atomic E-state index is 11.8. The first kappa shape index (κ1) is 27.9. The lowest BCUT2D eigenvalue weighted by atomic mass is 9.37. The molecule has 4 saturated carbocycles. The fraction of sp³-hybridized carbons (Fsp3) is 1.00. The maximum Gasteiger partial charge on any atom is 0.217 e. The van der Waals surface area contributed by atoms with Gasteiger partial charge in [-0.15, -0.1) is 0 Å². The Morgan fingerprint density at radius 2 is 1.49 bits per heavy atom. The van der Waals surface area contributed by atoms with Crippen LogP contribution in [-0.4, -0.2) is 19.1 Å². The summed E-state index contributed by atoms with van der Waals surface area (Å²) in [4.78, 5) is 0. The Bertz CT molecular complexity index is 881. The number of hydrogen-bond acceptors (Lipinski definition) is 4. The molecule has 4 aliphatic rings. The molecule has 0 aromatic heterocycles. The molecule has 0 saturated heterocycles. The Kier molecular flexibility index (Phi) is 7.38. The fourth-order valence-corrected chi connectivity index (χ4v) is 11.4. The lowest BCUT2D eigenvalue weighted by Gasteiger charge is -2.68. The Morgan fingerprint density at radius 3 is 2.11 bits per heavy atom. The van der Waals surface area contributed by atoms with Gasteiger partial charge in [0, 0.05) is 5.41 Å². The van der Waals surface area contributed by atoms with Gasteiger partial charge >= 0.3 is 0 Å². The zero-order chi connectivity index (χ0) is 26.0. The van der Waals surface area contributed by atoms with Crippen LogP contribution in [0.25, 0.3) is 0 Å². The molecule has 4 rings (SSSR count). The Morgan fingerprint density at radius 1 is 0.829 bits per heavy atom. The van der Waals surface area contributed by atoms with Crippen molar-refractivity contribution in [3.63, 3.8) is 0 Å². The maximum atomic E-state index is 11.8. The van der Waals surface area contributed by atoms with Gasteiger partial charge in [0.2, 0.25) is 10.4 Å². The molecular formula is C30H53O4S-. The molecule has 0 aromatic rings. The monoisotopic (exact) mass is 509 g/mol. The van der Waals surface area contributed by atoms with Gasteiger partial charge in [0.05, 0.1) is 6.10 Å². The van der Waals surface area contributed by atoms with Crippen molar-refractivity contribution in [2.75, 3.05) is 0 Å². The van der Waals surface area contributed by atoms with Crippen molar-refractivity contribution < 1.29 is 17.2 Å². The second-order valence-corrected chi connectivity index (χ2v) is 16.1. The number of hydrogen-bond donors (Lipinski definition) is 0. The summed E-state index contributed by atoms with van der Waals surface area (Å²) >= 11 is 0. The molecule has 0 bridgehead atoms. The zero-order valence-corrected chi connectivity index (χ0v) is 24.7. The first-order chi connectivity index (χ1) is 16.1. The minimum Gasteiger partial charge on any atom is -0.726 e. The van der Waals surface area contributed by atoms with Crippen molar-refractivity contribution in [3.8, 4) is 0 Å². The van der Waals surface area contributed by atoms with Gasteiger partial charge in [-0.2, -0.15) is 0 Å². The van der Waals surface area contributed by atoms with Crippen LogP contribution in [-0.2, 0) is 14.6 Å². The van der Waals surface area contributed by atoms with E-state index in [2.05, 4.69) is 55.4 Å². The normalized spacial score (nSPS) is 46.1. The lowest BCUT2D eigenvalue weighted by Crippen LogP contribution is -2.64. The minimum atomic E-state index is -4.72. The van der Waals surface area contributed by atoms with Crippen molar-refractivity contribution in [2.24, 2.45) is 57.2 Å². The largest absolute Gasteiger partial charge is 0.726 e. The Labute approximate surface area is 216 Å². The van der Waals surface area contributed by atoms with Gasteiger partial charge in [-0.1, -0.05) is 74.7 Å². The molecule has 0 aromatic carbocycles. The van der Waals surface area contributed by atoms with E-state index < -0.39 is 16.5 Å². The third kappa shape index (κ3) is 4.56. The first-order valence-corrected chi connectivity index (χ1v) is 16.0. The van der Waals surface area contributed by atoms with Crippen LogP contribution in [0, 0.1) is 57.2 Å². The highest BCUT2D eigenvalue weighted by Crippen LogP contribution is 2.75. The van der Waals surface area contributed by atoms with Crippen molar-refractivity contribution in [1.82, 2.24) is 0 Å². The molecule has 0 radical (unpaired) electrons. The minimum absolute atomic E-state index is 0.150. The smallest absolute Gasteiger partial charge is 0.217 e. The summed E-state index contributed by atoms with van der Waals surface area (Å²) in [6.45, 7) is 19.4. The van der Waals surface area contributed by atoms with Gasteiger partial charge in [0.25, 0.3) is 0 Å². The van der Waals surface area contributed by atoms with Gasteiger partial charge in [-0.3, -0.25) is 4.18 Å². The van der Waals surface area contributed by atoms with Crippen LogP contribution in [0.4, 0.5) is 0 Å². The standard InChI is InChI=1S/C30H54O4S/c1-20(2)10-9-11-21(3)22-14-18-29(7)23-12-13-25-27(4,5)17-16-26(34-35(31,32)33)30(25,8)24(23)15-19-28(22,29)6/h20-26H,9-19H2,1-8H3,(H,31,32,33)/p-1/t21-,22-,23-,24+,25+,26?,28-,29+,30-/m1/s1. The summed E-state index contributed by atoms with van der Waals surface area (Å²) in [6, 6.07) is 0. The summed E-state index contributed by atoms with van der Waals surface area (Å²) in [5, 5.41) is 0. The van der Waals surface area contributed by atoms with Gasteiger partial charge in [-0.05, 0) is 103 Å². The van der Waals surface area contributed by atoms with E-state index in [0.717, 1.165) is 37.0 Å². The third-order valence-corrected chi connectivity index (χ3v) is 13.2. The molecule has 4 aliphatic carbocycles. The molecule has 4 nitrogen and oxygen atoms in total. The first-order valence-electron chi connectivity index (χ1n) is 14.7. The van der Waals surface area contributed by atoms with Crippen LogP contribution in [0.3, 0.4) is 0 Å². The van der Waals surface area contributed by atoms with E-state index in [9.17, 15) is 13.0 Å². The zero-order valence-electron chi connectivity index (χ0n) is 23.9. The second kappa shape index (κ2) is 9.26. The van der Waals surface area contributed by atoms with Crippen molar-refractivity contribution in [1.29, 1.82) is 0 Å². The second-order valence-electron chi connectivity index (χ2n) is 15.1. The van der Waals surface area contributed by atoms with Gasteiger partial charge in [-0.25, -0.2) is 8.42 Å². The van der Waals surface area contributed by atoms with E-state index in [4.69, 9.17) is 4.18 Å². The average molecular weight is 510 g/mol. The molecular weight excluding hydrogens is 456 g/mol. The molecule has 0 heterocycles. The fourth-order valence-electron chi connectivity index (χ4n) is 10.8. The summed E-state index contributed by atoms with van der Waals surface area (Å²) in [5.74, 6) is 3.75. The molecule has 0 N–H and O–H groups in total. The van der Waals surface area contributed by atoms with E-state index in [1.54, 1.807) is 0 Å². The summed E-state index contributed by atoms with van der Waals surface area (Å²) < 4.78 is 40.8. The van der Waals surface area contributed by atoms with Crippen LogP contribution in [0.2, 0.25) is 0 Å². The summed E-state index contributed by atoms with van der Waals surface area (Å²) in [6.07, 6.45) is 12.5. The molecule has 4 fully saturated rings. The Hall–Kier alpha value is -0.130. The van der Waals surface area contributed by atoms with Crippen molar-refractivity contribution in [2.45, 2.75) is 132 Å². The van der Waals surface area contributed by atoms with E-state index in [0.29, 0.717) is 29.6 Å². The molecule has 9 atom stereocenters. The van der Waals surface area contributed by atoms with Gasteiger partial charge in [0.15, 0.2) is 0 Å². The highest BCUT2D eigenvalue weighted by atomic mass is 32.3. The molecule has 0 spiro atoms. The van der Waals surface area contributed by atoms with E-state index in [1.807, 2.05) is 0 Å². The van der Waals surface area contributed by atoms with Gasteiger partial charge < -0.3 is 4.55 Å². The third-order valence-electron chi connectivity index (χ3n) is 12.7. The molecule has 204 valence electrons. The van der Waals surface area contributed by atoms with Crippen LogP contribution >= 0.6 is 0 Å². The van der Waals surface area contributed by atoms with E-state index >= 15 is 0 Å². The molecule has 1 unspecified atom stereocenters. The molecule has 0 amide bonds. The van der Waals surface area contributed by atoms with E-state index in [1.165, 1.54) is 44.9 Å². The number of fused-ring (bicyclic) bond motifs is 5. The summed E-state index contributed by atoms with van der Waals surface area (Å²) in [7, 11) is -4.72. The highest BCUT2D eigenvalue weighted by molar-refractivity contribution is 7.80. The molecule has 0 aliphatic heterocycles. The average Bonchev–Trinajstić information content (AvgIpc) is 3.01. The van der Waals surface area contributed by atoms with Gasteiger partial charge in [0.1, 0.15) is 0 Å². The van der Waals surface area contributed by atoms with Crippen LogP contribution in [0.15, 0.2) is 0 Å². The topological polar surface area (TPSA) is 66.4 Å².